The van der Waals surface area contributed by atoms with Gasteiger partial charge >= 0.3 is 11.7 Å². The molecule has 0 radical (unpaired) electrons. The summed E-state index contributed by atoms with van der Waals surface area (Å²) in [6.45, 7) is 1.74. The molecule has 5 aromatic carbocycles. The average Bonchev–Trinajstić information content (AvgIpc) is 3.95. The topological polar surface area (TPSA) is 202 Å². The summed E-state index contributed by atoms with van der Waals surface area (Å²) in [5.74, 6) is -0.310. The fourth-order valence-electron chi connectivity index (χ4n) is 9.37. The Kier molecular flexibility index (Phi) is 11.4. The van der Waals surface area contributed by atoms with Crippen molar-refractivity contribution < 1.29 is 72.0 Å². The van der Waals surface area contributed by atoms with Crippen molar-refractivity contribution in [2.24, 2.45) is 11.8 Å². The van der Waals surface area contributed by atoms with Gasteiger partial charge < -0.3 is 62.3 Å². The number of nitrogens with zero attached hydrogens (tertiary/aromatic N) is 1. The number of hydrogen-bond acceptors (Lipinski definition) is 16. The Bertz CT molecular complexity index is 2560. The molecule has 1 aliphatic carbocycles. The van der Waals surface area contributed by atoms with Gasteiger partial charge in [-0.15, -0.1) is 0 Å². The van der Waals surface area contributed by atoms with Gasteiger partial charge in [0.2, 0.25) is 18.3 Å². The second-order valence-electron chi connectivity index (χ2n) is 16.3. The predicted octanol–water partition coefficient (Wildman–Crippen LogP) is 6.58. The number of rotatable bonds is 12. The van der Waals surface area contributed by atoms with Crippen molar-refractivity contribution in [3.05, 3.63) is 129 Å². The van der Waals surface area contributed by atoms with Gasteiger partial charge in [0, 0.05) is 17.9 Å². The van der Waals surface area contributed by atoms with E-state index in [9.17, 15) is 25.1 Å². The van der Waals surface area contributed by atoms with Crippen molar-refractivity contribution in [2.45, 2.75) is 62.5 Å². The minimum Gasteiger partial charge on any atom is -0.493 e. The molecule has 0 saturated carbocycles. The number of aliphatic hydroxyl groups is 2. The number of nitro benzene ring substituents is 1. The Labute approximate surface area is 372 Å². The highest BCUT2D eigenvalue weighted by Crippen LogP contribution is 2.57. The van der Waals surface area contributed by atoms with Crippen LogP contribution < -0.4 is 28.4 Å². The Balaban J connectivity index is 0.947. The molecule has 0 amide bonds. The van der Waals surface area contributed by atoms with Gasteiger partial charge in [0.25, 0.3) is 0 Å². The molecule has 17 heteroatoms. The molecule has 0 bridgehead atoms. The van der Waals surface area contributed by atoms with Gasteiger partial charge in [-0.2, -0.15) is 0 Å². The molecule has 0 spiro atoms. The third-order valence-electron chi connectivity index (χ3n) is 12.5. The molecule has 10 rings (SSSR count). The number of ether oxygens (including phenoxy) is 11. The maximum Gasteiger partial charge on any atom is 0.311 e. The lowest BCUT2D eigenvalue weighted by atomic mass is 9.66. The summed E-state index contributed by atoms with van der Waals surface area (Å²) >= 11 is 0. The van der Waals surface area contributed by atoms with E-state index in [-0.39, 0.29) is 55.3 Å². The first-order chi connectivity index (χ1) is 31.6. The lowest BCUT2D eigenvalue weighted by Crippen LogP contribution is -2.63. The number of cyclic esters (lactones) is 1. The maximum absolute atomic E-state index is 13.9. The first-order valence-corrected chi connectivity index (χ1v) is 21.1. The molecule has 338 valence electrons. The van der Waals surface area contributed by atoms with Crippen molar-refractivity contribution in [1.29, 1.82) is 0 Å². The lowest BCUT2D eigenvalue weighted by molar-refractivity contribution is -0.385. The zero-order valence-corrected chi connectivity index (χ0v) is 35.4. The van der Waals surface area contributed by atoms with E-state index in [0.717, 1.165) is 11.1 Å². The minimum atomic E-state index is -1.49. The van der Waals surface area contributed by atoms with Gasteiger partial charge in [-0.25, -0.2) is 0 Å². The predicted molar refractivity (Wildman–Crippen MR) is 226 cm³/mol. The van der Waals surface area contributed by atoms with E-state index >= 15 is 0 Å². The summed E-state index contributed by atoms with van der Waals surface area (Å²) in [5.41, 5.74) is 4.26. The van der Waals surface area contributed by atoms with Crippen molar-refractivity contribution in [1.82, 2.24) is 0 Å². The van der Waals surface area contributed by atoms with Crippen molar-refractivity contribution in [3.8, 4) is 51.4 Å². The molecule has 10 atom stereocenters. The molecule has 4 heterocycles. The van der Waals surface area contributed by atoms with Crippen LogP contribution in [-0.4, -0.2) is 92.3 Å². The summed E-state index contributed by atoms with van der Waals surface area (Å²) in [6.07, 6.45) is -7.16. The summed E-state index contributed by atoms with van der Waals surface area (Å²) < 4.78 is 65.7. The van der Waals surface area contributed by atoms with Crippen LogP contribution in [0, 0.1) is 22.0 Å². The van der Waals surface area contributed by atoms with E-state index in [1.165, 1.54) is 20.3 Å². The average molecular weight is 892 g/mol. The molecule has 2 N–H and O–H groups in total. The fraction of sp³-hybridized carbons (Fsp3) is 0.354. The van der Waals surface area contributed by atoms with Gasteiger partial charge in [0.05, 0.1) is 44.4 Å². The smallest absolute Gasteiger partial charge is 0.311 e. The highest BCUT2D eigenvalue weighted by Gasteiger charge is 2.56. The Morgan fingerprint density at radius 3 is 2.20 bits per heavy atom. The van der Waals surface area contributed by atoms with Crippen LogP contribution in [0.3, 0.4) is 0 Å². The fourth-order valence-corrected chi connectivity index (χ4v) is 9.37. The Morgan fingerprint density at radius 1 is 0.785 bits per heavy atom. The van der Waals surface area contributed by atoms with Gasteiger partial charge in [-0.05, 0) is 88.8 Å². The SMILES string of the molecule is COc1cc([C@@H]2c3cc4c(cc3[C@@H](OC3OC5COC(C)OC5C(O)C3O)[C@H]3COC(=O)[C@H]23)OCO4)cc(OC)c1OCc1ccc([N+](=O)[O-])c(Oc2ccc(-c3ccccc3)cc2)c1. The molecule has 5 aromatic rings. The third-order valence-corrected chi connectivity index (χ3v) is 12.5. The minimum absolute atomic E-state index is 0.00485. The number of esters is 1. The summed E-state index contributed by atoms with van der Waals surface area (Å²) in [7, 11) is 2.96. The highest BCUT2D eigenvalue weighted by atomic mass is 16.8. The lowest BCUT2D eigenvalue weighted by Gasteiger charge is -2.47. The second kappa shape index (κ2) is 17.5. The van der Waals surface area contributed by atoms with E-state index in [1.807, 2.05) is 48.5 Å². The van der Waals surface area contributed by atoms with Gasteiger partial charge in [-0.1, -0.05) is 42.5 Å². The molecule has 3 saturated heterocycles. The van der Waals surface area contributed by atoms with E-state index < -0.39 is 71.7 Å². The molecule has 6 unspecified atom stereocenters. The van der Waals surface area contributed by atoms with Crippen LogP contribution in [0.15, 0.2) is 97.1 Å². The molecule has 0 aromatic heterocycles. The van der Waals surface area contributed by atoms with Crippen LogP contribution in [0.2, 0.25) is 0 Å². The molecule has 65 heavy (non-hydrogen) atoms. The normalized spacial score (nSPS) is 27.4. The van der Waals surface area contributed by atoms with Crippen LogP contribution in [0.5, 0.6) is 40.2 Å². The quantitative estimate of drug-likeness (QED) is 0.0772. The zero-order chi connectivity index (χ0) is 44.9. The number of methoxy groups -OCH3 is 2. The molecule has 17 nitrogen and oxygen atoms in total. The number of carbonyl (C=O) groups excluding carboxylic acids is 1. The molecule has 3 fully saturated rings. The number of nitro groups is 1. The van der Waals surface area contributed by atoms with Crippen molar-refractivity contribution in [2.75, 3.05) is 34.2 Å². The number of hydrogen-bond donors (Lipinski definition) is 2. The van der Waals surface area contributed by atoms with Gasteiger partial charge in [-0.3, -0.25) is 14.9 Å². The summed E-state index contributed by atoms with van der Waals surface area (Å²) in [6, 6.07) is 28.7. The van der Waals surface area contributed by atoms with Crippen LogP contribution >= 0.6 is 0 Å². The Hall–Kier alpha value is -6.47. The van der Waals surface area contributed by atoms with E-state index in [1.54, 1.807) is 49.4 Å². The number of benzene rings is 5. The molecular weight excluding hydrogens is 847 g/mol. The van der Waals surface area contributed by atoms with Crippen molar-refractivity contribution >= 4 is 11.7 Å². The van der Waals surface area contributed by atoms with E-state index in [4.69, 9.17) is 52.1 Å². The van der Waals surface area contributed by atoms with Crippen LogP contribution in [0.1, 0.15) is 41.2 Å². The molecule has 4 aliphatic heterocycles. The second-order valence-corrected chi connectivity index (χ2v) is 16.3. The summed E-state index contributed by atoms with van der Waals surface area (Å²) in [4.78, 5) is 25.5. The monoisotopic (exact) mass is 891 g/mol. The first-order valence-electron chi connectivity index (χ1n) is 21.1. The number of fused-ring (bicyclic) bond motifs is 4. The summed E-state index contributed by atoms with van der Waals surface area (Å²) in [5, 5.41) is 34.5. The van der Waals surface area contributed by atoms with Crippen LogP contribution in [-0.2, 0) is 35.1 Å². The standard InChI is InChI=1S/C48H45NO16/c1-24-57-22-39-46(62-24)42(50)43(51)48(64-39)65-44-31-19-36-35(60-23-61-36)18-30(31)40(41-32(44)21-59-47(41)52)28-16-37(55-2)45(38(17-28)56-3)58-20-25-9-14-33(49(53)54)34(15-25)63-29-12-10-27(11-13-29)26-7-5-4-6-8-26/h4-19,24,32,39-44,46,48,50-51H,20-23H2,1-3H3/t24?,32-,39?,40+,41-,42?,43?,44+,46?,48?/m0/s1. The highest BCUT2D eigenvalue weighted by molar-refractivity contribution is 5.79. The van der Waals surface area contributed by atoms with Crippen LogP contribution in [0.4, 0.5) is 5.69 Å². The van der Waals surface area contributed by atoms with E-state index in [2.05, 4.69) is 0 Å². The molecule has 5 aliphatic rings. The van der Waals surface area contributed by atoms with Crippen LogP contribution in [0.25, 0.3) is 11.1 Å². The van der Waals surface area contributed by atoms with E-state index in [0.29, 0.717) is 39.5 Å². The van der Waals surface area contributed by atoms with Crippen molar-refractivity contribution in [3.63, 3.8) is 0 Å². The third kappa shape index (κ3) is 7.93. The Morgan fingerprint density at radius 2 is 1.49 bits per heavy atom. The maximum atomic E-state index is 13.9. The zero-order valence-electron chi connectivity index (χ0n) is 35.4. The van der Waals surface area contributed by atoms with Gasteiger partial charge in [0.1, 0.15) is 36.8 Å². The molecular formula is C48H45NO16. The largest absolute Gasteiger partial charge is 0.493 e. The first kappa shape index (κ1) is 42.5. The number of carbonyl (C=O) groups is 1. The number of aliphatic hydroxyl groups excluding tert-OH is 2. The van der Waals surface area contributed by atoms with Gasteiger partial charge in [0.15, 0.2) is 35.6 Å².